The van der Waals surface area contributed by atoms with Crippen LogP contribution >= 0.6 is 22.6 Å². The lowest BCUT2D eigenvalue weighted by Gasteiger charge is -2.25. The number of hydrogen-bond acceptors (Lipinski definition) is 2. The third-order valence-electron chi connectivity index (χ3n) is 3.39. The molecule has 0 fully saturated rings. The number of nitrogens with two attached hydrogens (primary N) is 1. The molecule has 20 heavy (non-hydrogen) atoms. The van der Waals surface area contributed by atoms with E-state index in [2.05, 4.69) is 22.6 Å². The topological polar surface area (TPSA) is 46.3 Å². The van der Waals surface area contributed by atoms with Crippen molar-refractivity contribution in [3.05, 3.63) is 63.2 Å². The second-order valence-corrected chi connectivity index (χ2v) is 6.01. The highest BCUT2D eigenvalue weighted by atomic mass is 127. The largest absolute Gasteiger partial charge is 0.399 e. The van der Waals surface area contributed by atoms with Gasteiger partial charge in [-0.1, -0.05) is 12.1 Å². The minimum atomic E-state index is -0.0229. The van der Waals surface area contributed by atoms with E-state index in [1.807, 2.05) is 62.5 Å². The minimum Gasteiger partial charge on any atom is -0.399 e. The third kappa shape index (κ3) is 3.30. The summed E-state index contributed by atoms with van der Waals surface area (Å²) in [5, 5.41) is 0. The lowest BCUT2D eigenvalue weighted by Crippen LogP contribution is -2.29. The minimum absolute atomic E-state index is 0.0105. The normalized spacial score (nSPS) is 11.9. The van der Waals surface area contributed by atoms with Gasteiger partial charge in [0.15, 0.2) is 0 Å². The van der Waals surface area contributed by atoms with Crippen LogP contribution in [0.4, 0.5) is 5.69 Å². The number of hydrogen-bond donors (Lipinski definition) is 1. The van der Waals surface area contributed by atoms with Crippen LogP contribution in [0.3, 0.4) is 0 Å². The molecule has 0 aliphatic heterocycles. The van der Waals surface area contributed by atoms with Gasteiger partial charge in [-0.2, -0.15) is 0 Å². The number of carbonyl (C=O) groups excluding carboxylic acids is 1. The zero-order valence-corrected chi connectivity index (χ0v) is 13.7. The SMILES string of the molecule is CC(c1cccc(N)c1)N(C)C(=O)c1ccc(I)cc1. The van der Waals surface area contributed by atoms with Crippen LogP contribution in [0.1, 0.15) is 28.9 Å². The van der Waals surface area contributed by atoms with Crippen LogP contribution in [0, 0.1) is 3.57 Å². The van der Waals surface area contributed by atoms with Gasteiger partial charge in [0.2, 0.25) is 0 Å². The molecule has 1 unspecified atom stereocenters. The molecule has 0 aliphatic rings. The molecule has 0 saturated heterocycles. The first-order chi connectivity index (χ1) is 9.49. The zero-order valence-electron chi connectivity index (χ0n) is 11.5. The van der Waals surface area contributed by atoms with Crippen LogP contribution in [0.5, 0.6) is 0 Å². The Balaban J connectivity index is 2.20. The number of rotatable bonds is 3. The predicted octanol–water partition coefficient (Wildman–Crippen LogP) is 3.71. The molecule has 1 amide bonds. The van der Waals surface area contributed by atoms with E-state index in [-0.39, 0.29) is 11.9 Å². The fourth-order valence-electron chi connectivity index (χ4n) is 2.01. The standard InChI is InChI=1S/C16H17IN2O/c1-11(13-4-3-5-15(18)10-13)19(2)16(20)12-6-8-14(17)9-7-12/h3-11H,18H2,1-2H3. The van der Waals surface area contributed by atoms with Gasteiger partial charge in [0.1, 0.15) is 0 Å². The summed E-state index contributed by atoms with van der Waals surface area (Å²) in [6, 6.07) is 15.2. The number of benzene rings is 2. The van der Waals surface area contributed by atoms with E-state index < -0.39 is 0 Å². The van der Waals surface area contributed by atoms with Crippen LogP contribution in [0.2, 0.25) is 0 Å². The Kier molecular flexibility index (Phi) is 4.65. The molecule has 1 atom stereocenters. The van der Waals surface area contributed by atoms with Crippen molar-refractivity contribution >= 4 is 34.2 Å². The maximum absolute atomic E-state index is 12.4. The smallest absolute Gasteiger partial charge is 0.254 e. The van der Waals surface area contributed by atoms with Gasteiger partial charge in [0.05, 0.1) is 6.04 Å². The first-order valence-electron chi connectivity index (χ1n) is 6.37. The highest BCUT2D eigenvalue weighted by Crippen LogP contribution is 2.22. The van der Waals surface area contributed by atoms with Crippen molar-refractivity contribution in [2.24, 2.45) is 0 Å². The summed E-state index contributed by atoms with van der Waals surface area (Å²) < 4.78 is 1.12. The van der Waals surface area contributed by atoms with E-state index in [0.29, 0.717) is 11.3 Å². The maximum atomic E-state index is 12.4. The molecular formula is C16H17IN2O. The van der Waals surface area contributed by atoms with Crippen LogP contribution in [0.15, 0.2) is 48.5 Å². The maximum Gasteiger partial charge on any atom is 0.254 e. The van der Waals surface area contributed by atoms with Crippen molar-refractivity contribution in [2.45, 2.75) is 13.0 Å². The Morgan fingerprint density at radius 3 is 2.45 bits per heavy atom. The molecule has 0 heterocycles. The number of nitrogens with zero attached hydrogens (tertiary/aromatic N) is 1. The summed E-state index contributed by atoms with van der Waals surface area (Å²) in [5.41, 5.74) is 8.24. The van der Waals surface area contributed by atoms with Crippen molar-refractivity contribution in [3.8, 4) is 0 Å². The van der Waals surface area contributed by atoms with E-state index in [1.54, 1.807) is 4.90 Å². The molecule has 3 nitrogen and oxygen atoms in total. The molecule has 4 heteroatoms. The zero-order chi connectivity index (χ0) is 14.7. The average Bonchev–Trinajstić information content (AvgIpc) is 2.46. The number of nitrogen functional groups attached to an aromatic ring is 1. The molecule has 0 spiro atoms. The lowest BCUT2D eigenvalue weighted by molar-refractivity contribution is 0.0742. The van der Waals surface area contributed by atoms with Crippen molar-refractivity contribution in [2.75, 3.05) is 12.8 Å². The monoisotopic (exact) mass is 380 g/mol. The number of halogens is 1. The van der Waals surface area contributed by atoms with Gasteiger partial charge in [-0.25, -0.2) is 0 Å². The summed E-state index contributed by atoms with van der Waals surface area (Å²) in [5.74, 6) is 0.0105. The molecule has 0 radical (unpaired) electrons. The fourth-order valence-corrected chi connectivity index (χ4v) is 2.37. The molecule has 0 bridgehead atoms. The van der Waals surface area contributed by atoms with Crippen molar-refractivity contribution < 1.29 is 4.79 Å². The fraction of sp³-hybridized carbons (Fsp3) is 0.188. The molecule has 2 rings (SSSR count). The van der Waals surface area contributed by atoms with Crippen molar-refractivity contribution in [3.63, 3.8) is 0 Å². The van der Waals surface area contributed by atoms with Gasteiger partial charge >= 0.3 is 0 Å². The molecule has 2 N–H and O–H groups in total. The number of amides is 1. The first kappa shape index (κ1) is 14.8. The van der Waals surface area contributed by atoms with Gasteiger partial charge < -0.3 is 10.6 Å². The summed E-state index contributed by atoms with van der Waals surface area (Å²) in [6.45, 7) is 2.00. The van der Waals surface area contributed by atoms with Crippen molar-refractivity contribution in [1.29, 1.82) is 0 Å². The Labute approximate surface area is 132 Å². The van der Waals surface area contributed by atoms with Gasteiger partial charge in [0, 0.05) is 21.9 Å². The number of anilines is 1. The molecule has 0 saturated carbocycles. The van der Waals surface area contributed by atoms with Gasteiger partial charge in [-0.15, -0.1) is 0 Å². The molecule has 104 valence electrons. The van der Waals surface area contributed by atoms with E-state index in [0.717, 1.165) is 9.13 Å². The van der Waals surface area contributed by atoms with Gasteiger partial charge in [-0.05, 0) is 71.5 Å². The van der Waals surface area contributed by atoms with Crippen LogP contribution < -0.4 is 5.73 Å². The highest BCUT2D eigenvalue weighted by Gasteiger charge is 2.18. The summed E-state index contributed by atoms with van der Waals surface area (Å²) in [6.07, 6.45) is 0. The van der Waals surface area contributed by atoms with E-state index in [4.69, 9.17) is 5.73 Å². The summed E-state index contributed by atoms with van der Waals surface area (Å²) in [7, 11) is 1.81. The molecular weight excluding hydrogens is 363 g/mol. The average molecular weight is 380 g/mol. The Bertz CT molecular complexity index is 610. The van der Waals surface area contributed by atoms with Crippen LogP contribution in [-0.2, 0) is 0 Å². The van der Waals surface area contributed by atoms with Crippen LogP contribution in [0.25, 0.3) is 0 Å². The van der Waals surface area contributed by atoms with Crippen LogP contribution in [-0.4, -0.2) is 17.9 Å². The highest BCUT2D eigenvalue weighted by molar-refractivity contribution is 14.1. The predicted molar refractivity (Wildman–Crippen MR) is 90.5 cm³/mol. The molecule has 2 aromatic rings. The first-order valence-corrected chi connectivity index (χ1v) is 7.45. The Morgan fingerprint density at radius 2 is 1.85 bits per heavy atom. The lowest BCUT2D eigenvalue weighted by atomic mass is 10.1. The second kappa shape index (κ2) is 6.26. The molecule has 2 aromatic carbocycles. The Hall–Kier alpha value is -1.56. The summed E-state index contributed by atoms with van der Waals surface area (Å²) >= 11 is 2.22. The van der Waals surface area contributed by atoms with Gasteiger partial charge in [0.25, 0.3) is 5.91 Å². The second-order valence-electron chi connectivity index (χ2n) is 4.77. The number of carbonyl (C=O) groups is 1. The quantitative estimate of drug-likeness (QED) is 0.652. The van der Waals surface area contributed by atoms with Gasteiger partial charge in [-0.3, -0.25) is 4.79 Å². The van der Waals surface area contributed by atoms with E-state index in [9.17, 15) is 4.79 Å². The molecule has 0 aliphatic carbocycles. The summed E-state index contributed by atoms with van der Waals surface area (Å²) in [4.78, 5) is 14.2. The van der Waals surface area contributed by atoms with E-state index in [1.165, 1.54) is 0 Å². The Morgan fingerprint density at radius 1 is 1.20 bits per heavy atom. The third-order valence-corrected chi connectivity index (χ3v) is 4.10. The van der Waals surface area contributed by atoms with Crippen molar-refractivity contribution in [1.82, 2.24) is 4.90 Å². The van der Waals surface area contributed by atoms with E-state index >= 15 is 0 Å². The molecule has 0 aromatic heterocycles.